The smallest absolute Gasteiger partial charge is 0.137 e. The molecule has 1 rings (SSSR count). The molecule has 6 N–H and O–H groups in total. The second kappa shape index (κ2) is 12.9. The van der Waals surface area contributed by atoms with Gasteiger partial charge >= 0.3 is 0 Å². The van der Waals surface area contributed by atoms with E-state index in [1.54, 1.807) is 24.3 Å². The van der Waals surface area contributed by atoms with Gasteiger partial charge in [0.15, 0.2) is 0 Å². The van der Waals surface area contributed by atoms with Gasteiger partial charge in [-0.3, -0.25) is 0 Å². The van der Waals surface area contributed by atoms with Crippen LogP contribution in [-0.2, 0) is 0 Å². The number of rotatable bonds is 14. The van der Waals surface area contributed by atoms with Crippen LogP contribution in [-0.4, -0.2) is 99.3 Å². The van der Waals surface area contributed by atoms with Crippen LogP contribution < -0.4 is 19.3 Å². The minimum absolute atomic E-state index is 0.0919. The van der Waals surface area contributed by atoms with Gasteiger partial charge in [-0.05, 0) is 24.3 Å². The average molecular weight is 374 g/mol. The van der Waals surface area contributed by atoms with E-state index < -0.39 is 12.2 Å². The van der Waals surface area contributed by atoms with Crippen molar-refractivity contribution in [3.05, 3.63) is 24.3 Å². The monoisotopic (exact) mass is 374 g/mol. The van der Waals surface area contributed by atoms with Gasteiger partial charge in [0.05, 0.1) is 27.3 Å². The van der Waals surface area contributed by atoms with Crippen molar-refractivity contribution in [2.45, 2.75) is 12.2 Å². The van der Waals surface area contributed by atoms with Crippen LogP contribution in [0.5, 0.6) is 11.5 Å². The van der Waals surface area contributed by atoms with Crippen LogP contribution in [0.1, 0.15) is 0 Å². The van der Waals surface area contributed by atoms with Crippen LogP contribution in [0.2, 0.25) is 0 Å². The fraction of sp³-hybridized carbons (Fsp3) is 0.667. The Morgan fingerprint density at radius 2 is 1.12 bits per heavy atom. The molecule has 0 heterocycles. The Morgan fingerprint density at radius 3 is 1.42 bits per heavy atom. The van der Waals surface area contributed by atoms with E-state index in [4.69, 9.17) is 19.7 Å². The second-order valence-corrected chi connectivity index (χ2v) is 6.67. The van der Waals surface area contributed by atoms with E-state index in [1.165, 1.54) is 0 Å². The SMILES string of the molecule is C[NH+](CCO)C[C@H](O)COc1ccc(OC[C@H](O)C[NH+](C)CCO)cc1. The number of nitrogens with one attached hydrogen (secondary N) is 2. The molecule has 1 aromatic rings. The number of hydrogen-bond acceptors (Lipinski definition) is 6. The first-order chi connectivity index (χ1) is 12.4. The molecular weight excluding hydrogens is 340 g/mol. The molecule has 0 aliphatic carbocycles. The summed E-state index contributed by atoms with van der Waals surface area (Å²) in [6, 6.07) is 7.01. The van der Waals surface area contributed by atoms with Gasteiger partial charge in [-0.25, -0.2) is 0 Å². The highest BCUT2D eigenvalue weighted by Gasteiger charge is 2.13. The molecule has 4 atom stereocenters. The van der Waals surface area contributed by atoms with Crippen LogP contribution >= 0.6 is 0 Å². The van der Waals surface area contributed by atoms with E-state index in [1.807, 2.05) is 14.1 Å². The van der Waals surface area contributed by atoms with E-state index in [2.05, 4.69) is 0 Å². The minimum atomic E-state index is -0.606. The molecule has 2 unspecified atom stereocenters. The van der Waals surface area contributed by atoms with E-state index >= 15 is 0 Å². The summed E-state index contributed by atoms with van der Waals surface area (Å²) in [6.45, 7) is 2.74. The normalized spacial score (nSPS) is 15.9. The molecule has 0 bridgehead atoms. The number of ether oxygens (including phenoxy) is 2. The predicted molar refractivity (Wildman–Crippen MR) is 96.9 cm³/mol. The summed E-state index contributed by atoms with van der Waals surface area (Å²) < 4.78 is 11.1. The highest BCUT2D eigenvalue weighted by molar-refractivity contribution is 5.31. The molecule has 1 aromatic carbocycles. The Kier molecular flexibility index (Phi) is 11.2. The van der Waals surface area contributed by atoms with Gasteiger partial charge in [-0.2, -0.15) is 0 Å². The van der Waals surface area contributed by atoms with Crippen LogP contribution in [0.3, 0.4) is 0 Å². The summed E-state index contributed by atoms with van der Waals surface area (Å²) in [4.78, 5) is 2.08. The molecular formula is C18H34N2O6+2. The minimum Gasteiger partial charge on any atom is -0.491 e. The van der Waals surface area contributed by atoms with E-state index in [0.717, 1.165) is 9.80 Å². The molecule has 0 amide bonds. The largest absolute Gasteiger partial charge is 0.491 e. The van der Waals surface area contributed by atoms with Gasteiger partial charge in [0.1, 0.15) is 63.1 Å². The molecule has 0 aliphatic heterocycles. The second-order valence-electron chi connectivity index (χ2n) is 6.67. The number of aliphatic hydroxyl groups excluding tert-OH is 4. The number of likely N-dealkylation sites (N-methyl/N-ethyl adjacent to an activating group) is 2. The van der Waals surface area contributed by atoms with Gasteiger partial charge < -0.3 is 39.7 Å². The van der Waals surface area contributed by atoms with Crippen LogP contribution in [0, 0.1) is 0 Å². The third-order valence-corrected chi connectivity index (χ3v) is 3.95. The van der Waals surface area contributed by atoms with Crippen LogP contribution in [0.25, 0.3) is 0 Å². The third-order valence-electron chi connectivity index (χ3n) is 3.95. The molecule has 0 saturated heterocycles. The fourth-order valence-corrected chi connectivity index (χ4v) is 2.53. The summed E-state index contributed by atoms with van der Waals surface area (Å²) in [6.07, 6.45) is -1.21. The number of quaternary nitrogens is 2. The van der Waals surface area contributed by atoms with Crippen molar-refractivity contribution in [2.24, 2.45) is 0 Å². The standard InChI is InChI=1S/C18H32N2O6/c1-19(7-9-21)11-15(23)13-25-17-3-5-18(6-4-17)26-14-16(24)12-20(2)8-10-22/h3-6,15-16,21-24H,7-14H2,1-2H3/p+2/t15-,16+. The first-order valence-electron chi connectivity index (χ1n) is 9.00. The predicted octanol–water partition coefficient (Wildman–Crippen LogP) is -3.82. The number of benzene rings is 1. The molecule has 0 aromatic heterocycles. The van der Waals surface area contributed by atoms with Crippen molar-refractivity contribution >= 4 is 0 Å². The van der Waals surface area contributed by atoms with E-state index in [9.17, 15) is 10.2 Å². The lowest BCUT2D eigenvalue weighted by atomic mass is 10.3. The van der Waals surface area contributed by atoms with Gasteiger partial charge in [0, 0.05) is 0 Å². The Bertz CT molecular complexity index is 430. The molecule has 0 spiro atoms. The summed E-state index contributed by atoms with van der Waals surface area (Å²) >= 11 is 0. The number of hydrogen-bond donors (Lipinski definition) is 6. The maximum atomic E-state index is 9.92. The van der Waals surface area contributed by atoms with Crippen LogP contribution in [0.4, 0.5) is 0 Å². The summed E-state index contributed by atoms with van der Waals surface area (Å²) in [5.74, 6) is 1.26. The summed E-state index contributed by atoms with van der Waals surface area (Å²) in [7, 11) is 3.81. The zero-order chi connectivity index (χ0) is 19.4. The Hall–Kier alpha value is -1.42. The van der Waals surface area contributed by atoms with Crippen molar-refractivity contribution in [3.63, 3.8) is 0 Å². The maximum absolute atomic E-state index is 9.92. The molecule has 0 fully saturated rings. The molecule has 8 nitrogen and oxygen atoms in total. The van der Waals surface area contributed by atoms with Gasteiger partial charge in [-0.15, -0.1) is 0 Å². The first kappa shape index (κ1) is 22.6. The lowest BCUT2D eigenvalue weighted by Crippen LogP contribution is -3.10. The molecule has 0 aliphatic rings. The van der Waals surface area contributed by atoms with E-state index in [0.29, 0.717) is 37.7 Å². The number of aliphatic hydroxyl groups is 4. The Morgan fingerprint density at radius 1 is 0.769 bits per heavy atom. The molecule has 0 radical (unpaired) electrons. The quantitative estimate of drug-likeness (QED) is 0.199. The fourth-order valence-electron chi connectivity index (χ4n) is 2.53. The van der Waals surface area contributed by atoms with Gasteiger partial charge in [0.2, 0.25) is 0 Å². The maximum Gasteiger partial charge on any atom is 0.137 e. The van der Waals surface area contributed by atoms with Crippen molar-refractivity contribution in [2.75, 3.05) is 66.7 Å². The lowest BCUT2D eigenvalue weighted by Gasteiger charge is -2.18. The highest BCUT2D eigenvalue weighted by Crippen LogP contribution is 2.17. The zero-order valence-corrected chi connectivity index (χ0v) is 15.7. The molecule has 0 saturated carbocycles. The molecule has 8 heteroatoms. The highest BCUT2D eigenvalue weighted by atomic mass is 16.5. The van der Waals surface area contributed by atoms with Crippen molar-refractivity contribution < 1.29 is 39.7 Å². The summed E-state index contributed by atoms with van der Waals surface area (Å²) in [5.41, 5.74) is 0. The third kappa shape index (κ3) is 9.91. The van der Waals surface area contributed by atoms with Crippen molar-refractivity contribution in [3.8, 4) is 11.5 Å². The topological polar surface area (TPSA) is 108 Å². The molecule has 26 heavy (non-hydrogen) atoms. The van der Waals surface area contributed by atoms with Gasteiger partial charge in [-0.1, -0.05) is 0 Å². The van der Waals surface area contributed by atoms with Crippen molar-refractivity contribution in [1.29, 1.82) is 0 Å². The van der Waals surface area contributed by atoms with Gasteiger partial charge in [0.25, 0.3) is 0 Å². The molecule has 150 valence electrons. The first-order valence-corrected chi connectivity index (χ1v) is 9.00. The lowest BCUT2D eigenvalue weighted by molar-refractivity contribution is -0.883. The zero-order valence-electron chi connectivity index (χ0n) is 15.7. The van der Waals surface area contributed by atoms with Crippen LogP contribution in [0.15, 0.2) is 24.3 Å². The van der Waals surface area contributed by atoms with Crippen molar-refractivity contribution in [1.82, 2.24) is 0 Å². The van der Waals surface area contributed by atoms with E-state index in [-0.39, 0.29) is 26.4 Å². The summed E-state index contributed by atoms with van der Waals surface area (Å²) in [5, 5.41) is 37.6. The average Bonchev–Trinajstić information content (AvgIpc) is 2.59. The Labute approximate surface area is 155 Å². The Balaban J connectivity index is 2.30.